The van der Waals surface area contributed by atoms with Gasteiger partial charge in [-0.2, -0.15) is 0 Å². The third-order valence-corrected chi connectivity index (χ3v) is 7.37. The Balaban J connectivity index is 2.06. The maximum absolute atomic E-state index is 11.3. The van der Waals surface area contributed by atoms with E-state index in [1.807, 2.05) is 0 Å². The minimum Gasteiger partial charge on any atom is -0.390 e. The van der Waals surface area contributed by atoms with Gasteiger partial charge >= 0.3 is 0 Å². The van der Waals surface area contributed by atoms with E-state index in [1.54, 1.807) is 11.1 Å². The number of rotatable bonds is 0. The molecule has 2 fully saturated rings. The van der Waals surface area contributed by atoms with Crippen LogP contribution in [-0.4, -0.2) is 10.7 Å². The number of allylic oxidation sites excluding steroid dienone is 2. The van der Waals surface area contributed by atoms with E-state index in [0.29, 0.717) is 12.3 Å². The lowest BCUT2D eigenvalue weighted by Gasteiger charge is -2.56. The van der Waals surface area contributed by atoms with E-state index in [-0.39, 0.29) is 16.7 Å². The lowest BCUT2D eigenvalue weighted by Crippen LogP contribution is -2.51. The highest BCUT2D eigenvalue weighted by molar-refractivity contribution is 5.26. The molecule has 21 heavy (non-hydrogen) atoms. The van der Waals surface area contributed by atoms with Gasteiger partial charge in [-0.3, -0.25) is 0 Å². The van der Waals surface area contributed by atoms with Gasteiger partial charge in [0.2, 0.25) is 0 Å². The van der Waals surface area contributed by atoms with Gasteiger partial charge in [-0.15, -0.1) is 0 Å². The lowest BCUT2D eigenvalue weighted by molar-refractivity contribution is -0.117. The predicted octanol–water partition coefficient (Wildman–Crippen LogP) is 5.48. The molecule has 0 amide bonds. The van der Waals surface area contributed by atoms with Gasteiger partial charge in [0.1, 0.15) is 0 Å². The van der Waals surface area contributed by atoms with Crippen LogP contribution in [0, 0.1) is 22.7 Å². The van der Waals surface area contributed by atoms with Crippen molar-refractivity contribution in [1.29, 1.82) is 0 Å². The number of hydrogen-bond donors (Lipinski definition) is 1. The average molecular weight is 294 g/mol. The van der Waals surface area contributed by atoms with Crippen molar-refractivity contribution in [3.05, 3.63) is 11.1 Å². The highest BCUT2D eigenvalue weighted by atomic mass is 16.3. The lowest BCUT2D eigenvalue weighted by atomic mass is 9.50. The number of aliphatic hydroxyl groups is 1. The maximum Gasteiger partial charge on any atom is 0.0653 e. The van der Waals surface area contributed by atoms with Crippen molar-refractivity contribution in [2.45, 2.75) is 91.5 Å². The summed E-state index contributed by atoms with van der Waals surface area (Å²) >= 11 is 0. The Labute approximate surface area is 135 Å². The highest BCUT2D eigenvalue weighted by Gasteiger charge is 2.52. The SMILES string of the molecule is [2H]C([2H])([2H])[C@@]1(O)CCC[C@@]2(C)CCC3=C(C)CC[C@@H](C[C@@H]21)C3(C)C. The molecular weight excluding hydrogens is 256 g/mol. The van der Waals surface area contributed by atoms with Crippen LogP contribution in [0.4, 0.5) is 0 Å². The third kappa shape index (κ3) is 2.40. The minimum atomic E-state index is -2.29. The molecule has 0 spiro atoms. The molecule has 0 aromatic carbocycles. The highest BCUT2D eigenvalue weighted by Crippen LogP contribution is 2.59. The van der Waals surface area contributed by atoms with Crippen LogP contribution in [0.15, 0.2) is 11.1 Å². The molecule has 2 saturated carbocycles. The third-order valence-electron chi connectivity index (χ3n) is 7.37. The molecule has 120 valence electrons. The summed E-state index contributed by atoms with van der Waals surface area (Å²) in [5, 5.41) is 11.3. The Morgan fingerprint density at radius 2 is 1.90 bits per heavy atom. The zero-order valence-electron chi connectivity index (χ0n) is 17.3. The molecule has 0 aromatic rings. The molecule has 0 radical (unpaired) electrons. The monoisotopic (exact) mass is 293 g/mol. The normalized spacial score (nSPS) is 49.3. The van der Waals surface area contributed by atoms with E-state index >= 15 is 0 Å². The fourth-order valence-corrected chi connectivity index (χ4v) is 5.81. The molecule has 1 nitrogen and oxygen atoms in total. The van der Waals surface area contributed by atoms with Gasteiger partial charge < -0.3 is 5.11 Å². The van der Waals surface area contributed by atoms with Crippen LogP contribution >= 0.6 is 0 Å². The number of hydrogen-bond acceptors (Lipinski definition) is 1. The molecule has 4 atom stereocenters. The summed E-state index contributed by atoms with van der Waals surface area (Å²) in [4.78, 5) is 0. The van der Waals surface area contributed by atoms with Crippen LogP contribution in [0.5, 0.6) is 0 Å². The van der Waals surface area contributed by atoms with Crippen LogP contribution in [0.2, 0.25) is 0 Å². The van der Waals surface area contributed by atoms with Crippen molar-refractivity contribution >= 4 is 0 Å². The Morgan fingerprint density at radius 1 is 1.14 bits per heavy atom. The fraction of sp³-hybridized carbons (Fsp3) is 0.900. The van der Waals surface area contributed by atoms with Gasteiger partial charge in [-0.25, -0.2) is 0 Å². The molecule has 3 rings (SSSR count). The van der Waals surface area contributed by atoms with E-state index in [9.17, 15) is 5.11 Å². The molecule has 1 N–H and O–H groups in total. The van der Waals surface area contributed by atoms with E-state index in [4.69, 9.17) is 4.11 Å². The zero-order chi connectivity index (χ0) is 18.0. The molecule has 3 aliphatic carbocycles. The van der Waals surface area contributed by atoms with Crippen LogP contribution in [-0.2, 0) is 0 Å². The molecule has 1 heteroatoms. The summed E-state index contributed by atoms with van der Waals surface area (Å²) in [5.74, 6) is 0.364. The van der Waals surface area contributed by atoms with Crippen LogP contribution in [0.3, 0.4) is 0 Å². The average Bonchev–Trinajstić information content (AvgIpc) is 2.43. The molecule has 0 aromatic heterocycles. The first kappa shape index (κ1) is 12.2. The second kappa shape index (κ2) is 4.85. The van der Waals surface area contributed by atoms with E-state index in [0.717, 1.165) is 44.9 Å². The van der Waals surface area contributed by atoms with Crippen LogP contribution < -0.4 is 0 Å². The molecule has 0 heterocycles. The Bertz CT molecular complexity index is 548. The van der Waals surface area contributed by atoms with E-state index in [2.05, 4.69) is 27.7 Å². The Hall–Kier alpha value is -0.300. The fourth-order valence-electron chi connectivity index (χ4n) is 5.81. The van der Waals surface area contributed by atoms with Gasteiger partial charge in [0.05, 0.1) is 5.60 Å². The molecule has 3 aliphatic rings. The van der Waals surface area contributed by atoms with E-state index < -0.39 is 12.5 Å². The van der Waals surface area contributed by atoms with Crippen LogP contribution in [0.25, 0.3) is 0 Å². The van der Waals surface area contributed by atoms with Crippen molar-refractivity contribution in [2.24, 2.45) is 22.7 Å². The zero-order valence-corrected chi connectivity index (χ0v) is 14.3. The van der Waals surface area contributed by atoms with Crippen molar-refractivity contribution in [1.82, 2.24) is 0 Å². The summed E-state index contributed by atoms with van der Waals surface area (Å²) in [5.41, 5.74) is 1.74. The molecule has 0 aliphatic heterocycles. The molecule has 0 saturated heterocycles. The van der Waals surface area contributed by atoms with Gasteiger partial charge in [0.15, 0.2) is 0 Å². The van der Waals surface area contributed by atoms with E-state index in [1.165, 1.54) is 0 Å². The summed E-state index contributed by atoms with van der Waals surface area (Å²) in [7, 11) is 0. The van der Waals surface area contributed by atoms with Gasteiger partial charge in [0.25, 0.3) is 0 Å². The smallest absolute Gasteiger partial charge is 0.0653 e. The van der Waals surface area contributed by atoms with Gasteiger partial charge in [0, 0.05) is 4.11 Å². The van der Waals surface area contributed by atoms with Crippen molar-refractivity contribution in [2.75, 3.05) is 0 Å². The quantitative estimate of drug-likeness (QED) is 0.586. The second-order valence-corrected chi connectivity index (χ2v) is 8.94. The molecule has 0 unspecified atom stereocenters. The topological polar surface area (TPSA) is 20.2 Å². The largest absolute Gasteiger partial charge is 0.390 e. The first-order valence-electron chi connectivity index (χ1n) is 10.3. The second-order valence-electron chi connectivity index (χ2n) is 8.94. The van der Waals surface area contributed by atoms with Crippen LogP contribution in [0.1, 0.15) is 90.0 Å². The standard InChI is InChI=1S/C20H34O/c1-14-7-8-15-13-17-19(4,10-6-11-20(17,5)21)12-9-16(14)18(15,2)3/h15,17,21H,6-13H2,1-5H3/t15-,17-,19-,20+/m0/s1/i5D3. The van der Waals surface area contributed by atoms with Gasteiger partial charge in [-0.05, 0) is 81.4 Å². The van der Waals surface area contributed by atoms with Crippen molar-refractivity contribution < 1.29 is 9.22 Å². The minimum absolute atomic E-state index is 0.0565. The van der Waals surface area contributed by atoms with Crippen molar-refractivity contribution in [3.8, 4) is 0 Å². The summed E-state index contributed by atoms with van der Waals surface area (Å²) in [6.45, 7) is 6.93. The first-order chi connectivity index (χ1) is 10.9. The molecule has 2 bridgehead atoms. The Morgan fingerprint density at radius 3 is 2.62 bits per heavy atom. The first-order valence-corrected chi connectivity index (χ1v) is 8.83. The predicted molar refractivity (Wildman–Crippen MR) is 89.1 cm³/mol. The van der Waals surface area contributed by atoms with Crippen molar-refractivity contribution in [3.63, 3.8) is 0 Å². The Kier molecular flexibility index (Phi) is 2.81. The summed E-state index contributed by atoms with van der Waals surface area (Å²) < 4.78 is 24.1. The molecular formula is C20H34O. The van der Waals surface area contributed by atoms with Gasteiger partial charge in [-0.1, -0.05) is 38.3 Å². The maximum atomic E-state index is 11.3. The summed E-state index contributed by atoms with van der Waals surface area (Å²) in [6.07, 6.45) is 7.51. The number of fused-ring (bicyclic) bond motifs is 3. The summed E-state index contributed by atoms with van der Waals surface area (Å²) in [6, 6.07) is 0.